The van der Waals surface area contributed by atoms with Crippen LogP contribution in [-0.4, -0.2) is 14.8 Å². The van der Waals surface area contributed by atoms with Crippen molar-refractivity contribution in [1.82, 2.24) is 14.8 Å². The van der Waals surface area contributed by atoms with Gasteiger partial charge >= 0.3 is 0 Å². The van der Waals surface area contributed by atoms with E-state index in [2.05, 4.69) is 10.1 Å². The van der Waals surface area contributed by atoms with Crippen LogP contribution in [0.2, 0.25) is 0 Å². The molecule has 0 amide bonds. The summed E-state index contributed by atoms with van der Waals surface area (Å²) in [6.07, 6.45) is 0. The van der Waals surface area contributed by atoms with Gasteiger partial charge in [-0.2, -0.15) is 4.98 Å². The summed E-state index contributed by atoms with van der Waals surface area (Å²) in [7, 11) is 1.83. The molecule has 0 saturated heterocycles. The smallest absolute Gasteiger partial charge is 0.240 e. The third-order valence-electron chi connectivity index (χ3n) is 1.81. The van der Waals surface area contributed by atoms with Crippen LogP contribution in [0.25, 0.3) is 11.4 Å². The molecule has 4 heteroatoms. The molecule has 0 fully saturated rings. The second-order valence-electron chi connectivity index (χ2n) is 2.78. The number of aromatic nitrogens is 3. The normalized spacial score (nSPS) is 10.2. The molecule has 4 nitrogen and oxygen atoms in total. The molecule has 66 valence electrons. The number of nitrogen functional groups attached to an aromatic ring is 1. The third kappa shape index (κ3) is 1.38. The molecule has 0 unspecified atom stereocenters. The Morgan fingerprint density at radius 3 is 2.46 bits per heavy atom. The molecule has 2 N–H and O–H groups in total. The molecule has 13 heavy (non-hydrogen) atoms. The molecule has 0 radical (unpaired) electrons. The van der Waals surface area contributed by atoms with Crippen LogP contribution < -0.4 is 5.73 Å². The van der Waals surface area contributed by atoms with Crippen LogP contribution in [0.4, 0.5) is 5.95 Å². The molecule has 0 aliphatic carbocycles. The van der Waals surface area contributed by atoms with E-state index >= 15 is 0 Å². The molecule has 0 atom stereocenters. The van der Waals surface area contributed by atoms with Gasteiger partial charge in [-0.15, -0.1) is 5.10 Å². The van der Waals surface area contributed by atoms with E-state index in [1.165, 1.54) is 0 Å². The lowest BCUT2D eigenvalue weighted by molar-refractivity contribution is 0.778. The maximum Gasteiger partial charge on any atom is 0.240 e. The van der Waals surface area contributed by atoms with E-state index < -0.39 is 0 Å². The van der Waals surface area contributed by atoms with Crippen molar-refractivity contribution in [3.8, 4) is 11.4 Å². The van der Waals surface area contributed by atoms with Crippen molar-refractivity contribution < 1.29 is 0 Å². The Balaban J connectivity index is 2.53. The van der Waals surface area contributed by atoms with Gasteiger partial charge < -0.3 is 5.73 Å². The highest BCUT2D eigenvalue weighted by Gasteiger charge is 2.05. The van der Waals surface area contributed by atoms with Gasteiger partial charge in [0.2, 0.25) is 5.95 Å². The highest BCUT2D eigenvalue weighted by molar-refractivity contribution is 5.55. The number of rotatable bonds is 1. The van der Waals surface area contributed by atoms with E-state index in [1.807, 2.05) is 37.4 Å². The Bertz CT molecular complexity index is 405. The van der Waals surface area contributed by atoms with Gasteiger partial charge in [0.05, 0.1) is 0 Å². The van der Waals surface area contributed by atoms with Gasteiger partial charge in [-0.3, -0.25) is 0 Å². The van der Waals surface area contributed by atoms with Crippen molar-refractivity contribution in [3.05, 3.63) is 30.3 Å². The summed E-state index contributed by atoms with van der Waals surface area (Å²) in [5.41, 5.74) is 6.50. The van der Waals surface area contributed by atoms with Gasteiger partial charge in [0.1, 0.15) is 0 Å². The van der Waals surface area contributed by atoms with Crippen LogP contribution in [0.3, 0.4) is 0 Å². The molecule has 2 aromatic rings. The van der Waals surface area contributed by atoms with E-state index in [-0.39, 0.29) is 0 Å². The first-order valence-corrected chi connectivity index (χ1v) is 3.99. The minimum atomic E-state index is 0.307. The molecule has 1 heterocycles. The lowest BCUT2D eigenvalue weighted by Crippen LogP contribution is -1.94. The molecular weight excluding hydrogens is 164 g/mol. The third-order valence-corrected chi connectivity index (χ3v) is 1.81. The Kier molecular flexibility index (Phi) is 1.73. The van der Waals surface area contributed by atoms with E-state index in [9.17, 15) is 0 Å². The average molecular weight is 174 g/mol. The number of hydrogen-bond acceptors (Lipinski definition) is 3. The minimum Gasteiger partial charge on any atom is -0.366 e. The minimum absolute atomic E-state index is 0.307. The zero-order chi connectivity index (χ0) is 9.26. The number of nitrogens with zero attached hydrogens (tertiary/aromatic N) is 3. The summed E-state index contributed by atoms with van der Waals surface area (Å²) < 4.78 is 1.67. The summed E-state index contributed by atoms with van der Waals surface area (Å²) in [6.45, 7) is 0. The van der Waals surface area contributed by atoms with E-state index in [1.54, 1.807) is 4.68 Å². The molecule has 1 aromatic heterocycles. The predicted molar refractivity (Wildman–Crippen MR) is 50.9 cm³/mol. The van der Waals surface area contributed by atoms with Gasteiger partial charge in [0, 0.05) is 12.6 Å². The van der Waals surface area contributed by atoms with Crippen LogP contribution in [0.5, 0.6) is 0 Å². The molecule has 0 aliphatic heterocycles. The number of nitrogens with two attached hydrogens (primary N) is 1. The van der Waals surface area contributed by atoms with Gasteiger partial charge in [-0.25, -0.2) is 4.68 Å². The van der Waals surface area contributed by atoms with Gasteiger partial charge in [-0.1, -0.05) is 30.3 Å². The summed E-state index contributed by atoms with van der Waals surface area (Å²) in [5.74, 6) is 1.10. The van der Waals surface area contributed by atoms with Crippen LogP contribution in [0.15, 0.2) is 30.3 Å². The Labute approximate surface area is 76.0 Å². The standard InChI is InChI=1S/C9H10N4/c1-13-8(11-9(10)12-13)7-5-3-2-4-6-7/h2-6H,1H3,(H2,10,12). The SMILES string of the molecule is Cn1nc(N)nc1-c1ccccc1. The molecule has 0 bridgehead atoms. The van der Waals surface area contributed by atoms with Gasteiger partial charge in [-0.05, 0) is 0 Å². The zero-order valence-electron chi connectivity index (χ0n) is 7.31. The van der Waals surface area contributed by atoms with Crippen molar-refractivity contribution in [2.45, 2.75) is 0 Å². The lowest BCUT2D eigenvalue weighted by Gasteiger charge is -1.97. The second kappa shape index (κ2) is 2.90. The number of aryl methyl sites for hydroxylation is 1. The summed E-state index contributed by atoms with van der Waals surface area (Å²) >= 11 is 0. The first-order valence-electron chi connectivity index (χ1n) is 3.99. The quantitative estimate of drug-likeness (QED) is 0.703. The number of benzene rings is 1. The molecule has 0 spiro atoms. The van der Waals surface area contributed by atoms with Crippen molar-refractivity contribution in [2.24, 2.45) is 7.05 Å². The molecule has 0 aliphatic rings. The first kappa shape index (κ1) is 7.79. The molecule has 0 saturated carbocycles. The maximum atomic E-state index is 5.47. The maximum absolute atomic E-state index is 5.47. The van der Waals surface area contributed by atoms with Crippen LogP contribution >= 0.6 is 0 Å². The highest BCUT2D eigenvalue weighted by Crippen LogP contribution is 2.15. The highest BCUT2D eigenvalue weighted by atomic mass is 15.4. The lowest BCUT2D eigenvalue weighted by atomic mass is 10.2. The predicted octanol–water partition coefficient (Wildman–Crippen LogP) is 1.06. The van der Waals surface area contributed by atoms with Crippen molar-refractivity contribution in [2.75, 3.05) is 5.73 Å². The van der Waals surface area contributed by atoms with E-state index in [4.69, 9.17) is 5.73 Å². The second-order valence-corrected chi connectivity index (χ2v) is 2.78. The fourth-order valence-corrected chi connectivity index (χ4v) is 1.24. The first-order chi connectivity index (χ1) is 6.27. The fraction of sp³-hybridized carbons (Fsp3) is 0.111. The molecule has 1 aromatic carbocycles. The zero-order valence-corrected chi connectivity index (χ0v) is 7.31. The number of anilines is 1. The van der Waals surface area contributed by atoms with Crippen molar-refractivity contribution >= 4 is 5.95 Å². The summed E-state index contributed by atoms with van der Waals surface area (Å²) in [4.78, 5) is 4.11. The summed E-state index contributed by atoms with van der Waals surface area (Å²) in [6, 6.07) is 9.83. The van der Waals surface area contributed by atoms with Crippen LogP contribution in [0.1, 0.15) is 0 Å². The van der Waals surface area contributed by atoms with Crippen LogP contribution in [0, 0.1) is 0 Å². The van der Waals surface area contributed by atoms with E-state index in [0.717, 1.165) is 11.4 Å². The average Bonchev–Trinajstić information content (AvgIpc) is 2.47. The topological polar surface area (TPSA) is 56.7 Å². The molecular formula is C9H10N4. The summed E-state index contributed by atoms with van der Waals surface area (Å²) in [5, 5.41) is 3.97. The Morgan fingerprint density at radius 1 is 1.23 bits per heavy atom. The van der Waals surface area contributed by atoms with Crippen molar-refractivity contribution in [3.63, 3.8) is 0 Å². The Morgan fingerprint density at radius 2 is 1.92 bits per heavy atom. The van der Waals surface area contributed by atoms with Crippen LogP contribution in [-0.2, 0) is 7.05 Å². The fourth-order valence-electron chi connectivity index (χ4n) is 1.24. The van der Waals surface area contributed by atoms with E-state index in [0.29, 0.717) is 5.95 Å². The number of hydrogen-bond donors (Lipinski definition) is 1. The van der Waals surface area contributed by atoms with Gasteiger partial charge in [0.15, 0.2) is 5.82 Å². The monoisotopic (exact) mass is 174 g/mol. The molecule has 2 rings (SSSR count). The largest absolute Gasteiger partial charge is 0.366 e. The van der Waals surface area contributed by atoms with Gasteiger partial charge in [0.25, 0.3) is 0 Å². The Hall–Kier alpha value is -1.84. The van der Waals surface area contributed by atoms with Crippen molar-refractivity contribution in [1.29, 1.82) is 0 Å².